The molecule has 9 nitrogen and oxygen atoms in total. The molecule has 106 valence electrons. The molecule has 0 bridgehead atoms. The maximum absolute atomic E-state index is 11.7. The van der Waals surface area contributed by atoms with Gasteiger partial charge in [0, 0.05) is 0 Å². The second kappa shape index (κ2) is 3.97. The molecule has 0 radical (unpaired) electrons. The number of anilines is 1. The fraction of sp³-hybridized carbons (Fsp3) is 0.364. The highest BCUT2D eigenvalue weighted by molar-refractivity contribution is 5.70. The smallest absolute Gasteiger partial charge is 0.280 e. The Labute approximate surface area is 112 Å². The molecule has 3 rings (SSSR count). The second-order valence-corrected chi connectivity index (χ2v) is 4.72. The van der Waals surface area contributed by atoms with Crippen LogP contribution in [-0.4, -0.2) is 36.3 Å². The second-order valence-electron chi connectivity index (χ2n) is 4.72. The van der Waals surface area contributed by atoms with Crippen molar-refractivity contribution >= 4 is 17.1 Å². The lowest BCUT2D eigenvalue weighted by Gasteiger charge is -2.26. The maximum atomic E-state index is 11.7. The molecule has 1 aliphatic heterocycles. The Morgan fingerprint density at radius 2 is 2.40 bits per heavy atom. The molecule has 5 N–H and O–H groups in total. The molecule has 2 aromatic heterocycles. The van der Waals surface area contributed by atoms with Gasteiger partial charge in [0.2, 0.25) is 5.95 Å². The molecule has 0 aliphatic carbocycles. The largest absolute Gasteiger partial charge is 0.508 e. The van der Waals surface area contributed by atoms with Crippen molar-refractivity contribution in [3.8, 4) is 0 Å². The van der Waals surface area contributed by atoms with E-state index in [0.29, 0.717) is 0 Å². The van der Waals surface area contributed by atoms with Gasteiger partial charge in [-0.3, -0.25) is 14.3 Å². The number of aliphatic hydroxyl groups is 2. The van der Waals surface area contributed by atoms with Crippen molar-refractivity contribution in [1.82, 2.24) is 19.5 Å². The number of aliphatic hydroxyl groups excluding tert-OH is 2. The first kappa shape index (κ1) is 12.5. The molecular formula is C11H13N5O4. The lowest BCUT2D eigenvalue weighted by Crippen LogP contribution is -2.30. The molecule has 0 saturated carbocycles. The topological polar surface area (TPSA) is 139 Å². The molecule has 1 unspecified atom stereocenters. The summed E-state index contributed by atoms with van der Waals surface area (Å²) in [6.45, 7) is 1.27. The van der Waals surface area contributed by atoms with Crippen molar-refractivity contribution in [1.29, 1.82) is 0 Å². The van der Waals surface area contributed by atoms with Crippen LogP contribution < -0.4 is 11.3 Å². The number of hydrogen-bond acceptors (Lipinski definition) is 7. The number of hydrogen-bond donors (Lipinski definition) is 4. The van der Waals surface area contributed by atoms with Gasteiger partial charge in [-0.2, -0.15) is 4.98 Å². The van der Waals surface area contributed by atoms with E-state index in [9.17, 15) is 9.90 Å². The van der Waals surface area contributed by atoms with Gasteiger partial charge in [0.25, 0.3) is 5.56 Å². The van der Waals surface area contributed by atoms with Gasteiger partial charge >= 0.3 is 0 Å². The van der Waals surface area contributed by atoms with Gasteiger partial charge < -0.3 is 20.7 Å². The molecular weight excluding hydrogens is 266 g/mol. The van der Waals surface area contributed by atoms with Crippen LogP contribution in [0.15, 0.2) is 22.6 Å². The molecule has 0 saturated heterocycles. The third kappa shape index (κ3) is 1.63. The summed E-state index contributed by atoms with van der Waals surface area (Å²) < 4.78 is 7.06. The molecule has 3 heterocycles. The zero-order valence-electron chi connectivity index (χ0n) is 10.6. The minimum absolute atomic E-state index is 0.0367. The minimum Gasteiger partial charge on any atom is -0.508 e. The average molecular weight is 279 g/mol. The van der Waals surface area contributed by atoms with E-state index >= 15 is 0 Å². The molecule has 0 aromatic carbocycles. The summed E-state index contributed by atoms with van der Waals surface area (Å²) in [6.07, 6.45) is 1.52. The first-order valence-corrected chi connectivity index (χ1v) is 5.89. The number of nitrogen functional groups attached to an aromatic ring is 1. The highest BCUT2D eigenvalue weighted by atomic mass is 16.5. The van der Waals surface area contributed by atoms with Crippen LogP contribution in [0.5, 0.6) is 0 Å². The van der Waals surface area contributed by atoms with Gasteiger partial charge in [-0.05, 0) is 6.92 Å². The Balaban J connectivity index is 2.15. The van der Waals surface area contributed by atoms with Gasteiger partial charge in [-0.15, -0.1) is 0 Å². The van der Waals surface area contributed by atoms with E-state index in [1.807, 2.05) is 0 Å². The fourth-order valence-electron chi connectivity index (χ4n) is 2.30. The SMILES string of the molecule is CC1(n2cnc3c(=O)[nH]c(N)nc32)CC(O)=C(CO)O1. The van der Waals surface area contributed by atoms with E-state index in [-0.39, 0.29) is 35.1 Å². The fourth-order valence-corrected chi connectivity index (χ4v) is 2.30. The van der Waals surface area contributed by atoms with Crippen molar-refractivity contribution in [3.63, 3.8) is 0 Å². The Bertz CT molecular complexity index is 777. The normalized spacial score (nSPS) is 22.5. The summed E-state index contributed by atoms with van der Waals surface area (Å²) in [4.78, 5) is 22.1. The molecule has 20 heavy (non-hydrogen) atoms. The van der Waals surface area contributed by atoms with E-state index in [2.05, 4.69) is 15.0 Å². The summed E-state index contributed by atoms with van der Waals surface area (Å²) in [5.41, 5.74) is 4.43. The van der Waals surface area contributed by atoms with E-state index in [1.165, 1.54) is 10.9 Å². The van der Waals surface area contributed by atoms with Gasteiger partial charge in [0.05, 0.1) is 6.42 Å². The zero-order valence-corrected chi connectivity index (χ0v) is 10.6. The zero-order chi connectivity index (χ0) is 14.5. The third-order valence-corrected chi connectivity index (χ3v) is 3.24. The number of rotatable bonds is 2. The van der Waals surface area contributed by atoms with Crippen LogP contribution in [0.3, 0.4) is 0 Å². The number of aromatic nitrogens is 4. The van der Waals surface area contributed by atoms with Crippen LogP contribution in [0.1, 0.15) is 13.3 Å². The first-order valence-electron chi connectivity index (χ1n) is 5.89. The summed E-state index contributed by atoms with van der Waals surface area (Å²) in [5.74, 6) is 0.00670. The molecule has 0 spiro atoms. The van der Waals surface area contributed by atoms with Gasteiger partial charge in [0.1, 0.15) is 18.7 Å². The molecule has 1 aliphatic rings. The van der Waals surface area contributed by atoms with E-state index < -0.39 is 17.9 Å². The Morgan fingerprint density at radius 3 is 3.05 bits per heavy atom. The van der Waals surface area contributed by atoms with Crippen LogP contribution in [0.2, 0.25) is 0 Å². The number of ether oxygens (including phenoxy) is 1. The van der Waals surface area contributed by atoms with E-state index in [4.69, 9.17) is 15.6 Å². The van der Waals surface area contributed by atoms with Crippen LogP contribution >= 0.6 is 0 Å². The molecule has 9 heteroatoms. The number of aromatic amines is 1. The summed E-state index contributed by atoms with van der Waals surface area (Å²) >= 11 is 0. The van der Waals surface area contributed by atoms with Crippen molar-refractivity contribution in [2.75, 3.05) is 12.3 Å². The minimum atomic E-state index is -1.02. The monoisotopic (exact) mass is 279 g/mol. The van der Waals surface area contributed by atoms with Crippen molar-refractivity contribution in [3.05, 3.63) is 28.2 Å². The molecule has 0 fully saturated rings. The average Bonchev–Trinajstić information content (AvgIpc) is 2.91. The lowest BCUT2D eigenvalue weighted by atomic mass is 10.1. The van der Waals surface area contributed by atoms with Crippen LogP contribution in [-0.2, 0) is 10.5 Å². The Kier molecular flexibility index (Phi) is 2.48. The first-order chi connectivity index (χ1) is 9.44. The lowest BCUT2D eigenvalue weighted by molar-refractivity contribution is -0.0349. The summed E-state index contributed by atoms with van der Waals surface area (Å²) in [5, 5.41) is 18.9. The van der Waals surface area contributed by atoms with Crippen LogP contribution in [0, 0.1) is 0 Å². The predicted octanol–water partition coefficient (Wildman–Crippen LogP) is -0.443. The van der Waals surface area contributed by atoms with Crippen molar-refractivity contribution in [2.45, 2.75) is 19.1 Å². The molecule has 1 atom stereocenters. The Morgan fingerprint density at radius 1 is 1.65 bits per heavy atom. The maximum Gasteiger partial charge on any atom is 0.280 e. The van der Waals surface area contributed by atoms with Gasteiger partial charge in [-0.25, -0.2) is 4.98 Å². The summed E-state index contributed by atoms with van der Waals surface area (Å²) in [6, 6.07) is 0. The van der Waals surface area contributed by atoms with Crippen molar-refractivity contribution in [2.24, 2.45) is 0 Å². The number of imidazole rings is 1. The number of nitrogens with zero attached hydrogens (tertiary/aromatic N) is 3. The van der Waals surface area contributed by atoms with Crippen LogP contribution in [0.4, 0.5) is 5.95 Å². The number of H-pyrrole nitrogens is 1. The summed E-state index contributed by atoms with van der Waals surface area (Å²) in [7, 11) is 0. The standard InChI is InChI=1S/C11H13N5O4/c1-11(2-5(18)6(3-17)20-11)16-4-13-7-8(16)14-10(12)15-9(7)19/h4,17-18H,2-3H2,1H3,(H3,12,14,15,19). The number of nitrogens with two attached hydrogens (primary N) is 1. The molecule has 2 aromatic rings. The third-order valence-electron chi connectivity index (χ3n) is 3.24. The van der Waals surface area contributed by atoms with Crippen LogP contribution in [0.25, 0.3) is 11.2 Å². The highest BCUT2D eigenvalue weighted by Crippen LogP contribution is 2.37. The Hall–Kier alpha value is -2.55. The quantitative estimate of drug-likeness (QED) is 0.584. The van der Waals surface area contributed by atoms with E-state index in [0.717, 1.165) is 0 Å². The van der Waals surface area contributed by atoms with E-state index in [1.54, 1.807) is 6.92 Å². The van der Waals surface area contributed by atoms with Gasteiger partial charge in [0.15, 0.2) is 22.6 Å². The predicted molar refractivity (Wildman–Crippen MR) is 68.7 cm³/mol. The van der Waals surface area contributed by atoms with Crippen molar-refractivity contribution < 1.29 is 14.9 Å². The molecule has 0 amide bonds. The van der Waals surface area contributed by atoms with Gasteiger partial charge in [-0.1, -0.05) is 0 Å². The number of nitrogens with one attached hydrogen (secondary N) is 1. The number of fused-ring (bicyclic) bond motifs is 1. The highest BCUT2D eigenvalue weighted by Gasteiger charge is 2.39.